The van der Waals surface area contributed by atoms with Gasteiger partial charge < -0.3 is 4.74 Å². The molecule has 0 unspecified atom stereocenters. The minimum absolute atomic E-state index is 0.0370. The Hall–Kier alpha value is -1.52. The monoisotopic (exact) mass is 309 g/mol. The van der Waals surface area contributed by atoms with E-state index in [2.05, 4.69) is 6.07 Å². The summed E-state index contributed by atoms with van der Waals surface area (Å²) >= 11 is 6.07. The second kappa shape index (κ2) is 5.85. The largest absolute Gasteiger partial charge is 0.455 e. The van der Waals surface area contributed by atoms with Gasteiger partial charge in [-0.2, -0.15) is 0 Å². The molecule has 0 spiro atoms. The highest BCUT2D eigenvalue weighted by atomic mass is 35.5. The van der Waals surface area contributed by atoms with E-state index in [0.29, 0.717) is 11.5 Å². The van der Waals surface area contributed by atoms with Crippen molar-refractivity contribution in [2.24, 2.45) is 0 Å². The van der Waals surface area contributed by atoms with Crippen molar-refractivity contribution in [3.63, 3.8) is 0 Å². The summed E-state index contributed by atoms with van der Waals surface area (Å²) in [6, 6.07) is 12.9. The van der Waals surface area contributed by atoms with Crippen molar-refractivity contribution in [2.75, 3.05) is 5.75 Å². The third kappa shape index (κ3) is 3.32. The fourth-order valence-electron chi connectivity index (χ4n) is 1.59. The van der Waals surface area contributed by atoms with E-state index < -0.39 is 9.84 Å². The van der Waals surface area contributed by atoms with Gasteiger partial charge in [-0.1, -0.05) is 30.2 Å². The average Bonchev–Trinajstić information content (AvgIpc) is 2.43. The van der Waals surface area contributed by atoms with E-state index in [1.165, 1.54) is 12.1 Å². The highest BCUT2D eigenvalue weighted by Crippen LogP contribution is 2.31. The van der Waals surface area contributed by atoms with Crippen molar-refractivity contribution >= 4 is 21.4 Å². The predicted molar refractivity (Wildman–Crippen MR) is 79.3 cm³/mol. The van der Waals surface area contributed by atoms with E-state index >= 15 is 0 Å². The molecule has 0 atom stereocenters. The Kier molecular flexibility index (Phi) is 4.35. The maximum absolute atomic E-state index is 11.8. The molecule has 0 N–H and O–H groups in total. The van der Waals surface area contributed by atoms with Crippen LogP contribution in [0.2, 0.25) is 5.02 Å². The standard InChI is InChI=1S/C15H14ClO3S/c1-3-20(17,18)13-8-9-15(14(16)10-13)19-12-6-4-11(2)5-7-12/h4-6,8-10H,3H2,1-2H3. The molecule has 0 heterocycles. The Bertz CT molecular complexity index is 706. The zero-order valence-corrected chi connectivity index (χ0v) is 12.8. The Labute approximate surface area is 124 Å². The molecule has 5 heteroatoms. The molecular formula is C15H14ClO3S. The SMILES string of the molecule is CCS(=O)(=O)c1ccc(Oc2[c]cc(C)cc2)c(Cl)c1. The summed E-state index contributed by atoms with van der Waals surface area (Å²) in [5, 5.41) is 0.258. The van der Waals surface area contributed by atoms with Gasteiger partial charge >= 0.3 is 0 Å². The van der Waals surface area contributed by atoms with E-state index in [1.54, 1.807) is 25.1 Å². The molecule has 0 aliphatic carbocycles. The molecule has 0 amide bonds. The molecule has 0 saturated carbocycles. The molecule has 0 saturated heterocycles. The molecule has 2 aromatic rings. The molecule has 0 aliphatic heterocycles. The molecule has 0 aromatic heterocycles. The van der Waals surface area contributed by atoms with Gasteiger partial charge in [0.25, 0.3) is 0 Å². The average molecular weight is 310 g/mol. The van der Waals surface area contributed by atoms with Gasteiger partial charge in [-0.05, 0) is 37.3 Å². The normalized spacial score (nSPS) is 11.3. The fraction of sp³-hybridized carbons (Fsp3) is 0.200. The number of sulfone groups is 1. The van der Waals surface area contributed by atoms with Crippen LogP contribution in [0.3, 0.4) is 0 Å². The van der Waals surface area contributed by atoms with Crippen LogP contribution in [0.4, 0.5) is 0 Å². The minimum Gasteiger partial charge on any atom is -0.455 e. The molecule has 2 aromatic carbocycles. The van der Waals surface area contributed by atoms with Gasteiger partial charge in [0.05, 0.1) is 15.7 Å². The lowest BCUT2D eigenvalue weighted by Gasteiger charge is -2.09. The van der Waals surface area contributed by atoms with Gasteiger partial charge in [-0.25, -0.2) is 8.42 Å². The Morgan fingerprint density at radius 1 is 1.25 bits per heavy atom. The minimum atomic E-state index is -3.26. The molecule has 0 bridgehead atoms. The smallest absolute Gasteiger partial charge is 0.178 e. The van der Waals surface area contributed by atoms with Crippen molar-refractivity contribution in [1.82, 2.24) is 0 Å². The van der Waals surface area contributed by atoms with Crippen LogP contribution in [-0.2, 0) is 9.84 Å². The van der Waals surface area contributed by atoms with Crippen molar-refractivity contribution in [3.05, 3.63) is 53.1 Å². The molecule has 0 aliphatic rings. The highest BCUT2D eigenvalue weighted by Gasteiger charge is 2.14. The van der Waals surface area contributed by atoms with Crippen LogP contribution in [-0.4, -0.2) is 14.2 Å². The molecule has 0 fully saturated rings. The molecule has 20 heavy (non-hydrogen) atoms. The molecule has 2 rings (SSSR count). The Balaban J connectivity index is 2.29. The first-order valence-electron chi connectivity index (χ1n) is 6.11. The molecule has 3 nitrogen and oxygen atoms in total. The van der Waals surface area contributed by atoms with Gasteiger partial charge in [-0.3, -0.25) is 0 Å². The maximum atomic E-state index is 11.8. The van der Waals surface area contributed by atoms with Crippen LogP contribution < -0.4 is 4.74 Å². The maximum Gasteiger partial charge on any atom is 0.178 e. The lowest BCUT2D eigenvalue weighted by Crippen LogP contribution is -2.03. The number of halogens is 1. The number of rotatable bonds is 4. The van der Waals surface area contributed by atoms with E-state index in [9.17, 15) is 8.42 Å². The van der Waals surface area contributed by atoms with Crippen molar-refractivity contribution in [2.45, 2.75) is 18.7 Å². The van der Waals surface area contributed by atoms with Crippen LogP contribution in [0.25, 0.3) is 0 Å². The van der Waals surface area contributed by atoms with Gasteiger partial charge in [0.15, 0.2) is 9.84 Å². The fourth-order valence-corrected chi connectivity index (χ4v) is 2.78. The quantitative estimate of drug-likeness (QED) is 0.856. The van der Waals surface area contributed by atoms with E-state index in [1.807, 2.05) is 13.0 Å². The van der Waals surface area contributed by atoms with Crippen LogP contribution in [0, 0.1) is 13.0 Å². The summed E-state index contributed by atoms with van der Waals surface area (Å²) in [6.07, 6.45) is 0. The van der Waals surface area contributed by atoms with Gasteiger partial charge in [0.2, 0.25) is 0 Å². The van der Waals surface area contributed by atoms with Crippen molar-refractivity contribution in [3.8, 4) is 11.5 Å². The molecule has 1 radical (unpaired) electrons. The van der Waals surface area contributed by atoms with E-state index in [-0.39, 0.29) is 15.7 Å². The third-order valence-corrected chi connectivity index (χ3v) is 4.83. The highest BCUT2D eigenvalue weighted by molar-refractivity contribution is 7.91. The Morgan fingerprint density at radius 3 is 2.55 bits per heavy atom. The molecule has 105 valence electrons. The lowest BCUT2D eigenvalue weighted by atomic mass is 10.2. The predicted octanol–water partition coefficient (Wildman–Crippen LogP) is 4.03. The number of ether oxygens (including phenoxy) is 1. The lowest BCUT2D eigenvalue weighted by molar-refractivity contribution is 0.481. The van der Waals surface area contributed by atoms with Gasteiger partial charge in [0, 0.05) is 6.07 Å². The van der Waals surface area contributed by atoms with Crippen LogP contribution in [0.1, 0.15) is 12.5 Å². The Morgan fingerprint density at radius 2 is 2.00 bits per heavy atom. The topological polar surface area (TPSA) is 43.4 Å². The van der Waals surface area contributed by atoms with Crippen LogP contribution in [0.5, 0.6) is 11.5 Å². The second-order valence-corrected chi connectivity index (χ2v) is 7.01. The number of hydrogen-bond acceptors (Lipinski definition) is 3. The second-order valence-electron chi connectivity index (χ2n) is 4.33. The summed E-state index contributed by atoms with van der Waals surface area (Å²) in [5.74, 6) is 0.973. The first kappa shape index (κ1) is 14.9. The summed E-state index contributed by atoms with van der Waals surface area (Å²) < 4.78 is 29.1. The van der Waals surface area contributed by atoms with Crippen LogP contribution in [0.15, 0.2) is 41.3 Å². The number of hydrogen-bond donors (Lipinski definition) is 0. The zero-order chi connectivity index (χ0) is 14.8. The van der Waals surface area contributed by atoms with E-state index in [0.717, 1.165) is 5.56 Å². The summed E-state index contributed by atoms with van der Waals surface area (Å²) in [4.78, 5) is 0.199. The number of benzene rings is 2. The van der Waals surface area contributed by atoms with Crippen molar-refractivity contribution in [1.29, 1.82) is 0 Å². The number of aryl methyl sites for hydroxylation is 1. The van der Waals surface area contributed by atoms with Gasteiger partial charge in [-0.15, -0.1) is 0 Å². The first-order chi connectivity index (χ1) is 9.42. The summed E-state index contributed by atoms with van der Waals surface area (Å²) in [5.41, 5.74) is 1.08. The third-order valence-electron chi connectivity index (χ3n) is 2.80. The van der Waals surface area contributed by atoms with Crippen LogP contribution >= 0.6 is 11.6 Å². The summed E-state index contributed by atoms with van der Waals surface area (Å²) in [6.45, 7) is 3.55. The zero-order valence-electron chi connectivity index (χ0n) is 11.2. The van der Waals surface area contributed by atoms with Crippen molar-refractivity contribution < 1.29 is 13.2 Å². The van der Waals surface area contributed by atoms with Gasteiger partial charge in [0.1, 0.15) is 11.5 Å². The first-order valence-corrected chi connectivity index (χ1v) is 8.14. The molecular weight excluding hydrogens is 296 g/mol. The summed E-state index contributed by atoms with van der Waals surface area (Å²) in [7, 11) is -3.26. The van der Waals surface area contributed by atoms with E-state index in [4.69, 9.17) is 16.3 Å².